The molecule has 19 heavy (non-hydrogen) atoms. The van der Waals surface area contributed by atoms with Crippen LogP contribution in [-0.2, 0) is 0 Å². The van der Waals surface area contributed by atoms with Crippen LogP contribution in [0.1, 0.15) is 25.1 Å². The third-order valence-corrected chi connectivity index (χ3v) is 3.16. The van der Waals surface area contributed by atoms with Gasteiger partial charge >= 0.3 is 0 Å². The van der Waals surface area contributed by atoms with E-state index < -0.39 is 0 Å². The van der Waals surface area contributed by atoms with Gasteiger partial charge in [0.2, 0.25) is 0 Å². The number of aromatic nitrogens is 1. The minimum atomic E-state index is 0. The molecule has 1 fully saturated rings. The first-order valence-electron chi connectivity index (χ1n) is 6.27. The standard InChI is InChI=1S/C14H21N3.2ClH/c1-12(2)11-14(13-5-3-4-6-16-13)17-9-7-15-8-10-17;;/h3-6,14-15H,1,7-11H2,2H3;2*1H/t14-;;/m0../s1. The van der Waals surface area contributed by atoms with Gasteiger partial charge in [-0.1, -0.05) is 11.6 Å². The van der Waals surface area contributed by atoms with Crippen molar-refractivity contribution in [3.05, 3.63) is 42.2 Å². The van der Waals surface area contributed by atoms with Crippen LogP contribution in [0.5, 0.6) is 0 Å². The highest BCUT2D eigenvalue weighted by atomic mass is 35.5. The number of hydrogen-bond acceptors (Lipinski definition) is 3. The summed E-state index contributed by atoms with van der Waals surface area (Å²) in [6.45, 7) is 10.5. The molecule has 108 valence electrons. The van der Waals surface area contributed by atoms with Crippen LogP contribution in [0.25, 0.3) is 0 Å². The van der Waals surface area contributed by atoms with Crippen molar-refractivity contribution in [1.82, 2.24) is 15.2 Å². The summed E-state index contributed by atoms with van der Waals surface area (Å²) in [7, 11) is 0. The van der Waals surface area contributed by atoms with Crippen LogP contribution in [0.4, 0.5) is 0 Å². The molecule has 0 unspecified atom stereocenters. The lowest BCUT2D eigenvalue weighted by molar-refractivity contribution is 0.169. The SMILES string of the molecule is C=C(C)C[C@@H](c1ccccn1)N1CCNCC1.Cl.Cl. The molecular formula is C14H23Cl2N3. The highest BCUT2D eigenvalue weighted by Gasteiger charge is 2.22. The van der Waals surface area contributed by atoms with Crippen molar-refractivity contribution in [2.24, 2.45) is 0 Å². The zero-order valence-electron chi connectivity index (χ0n) is 11.3. The Labute approximate surface area is 128 Å². The molecule has 0 spiro atoms. The van der Waals surface area contributed by atoms with Crippen LogP contribution in [0.15, 0.2) is 36.5 Å². The lowest BCUT2D eigenvalue weighted by Gasteiger charge is -2.34. The van der Waals surface area contributed by atoms with Crippen molar-refractivity contribution in [1.29, 1.82) is 0 Å². The molecule has 1 saturated heterocycles. The molecule has 0 radical (unpaired) electrons. The maximum Gasteiger partial charge on any atom is 0.0578 e. The fraction of sp³-hybridized carbons (Fsp3) is 0.500. The third-order valence-electron chi connectivity index (χ3n) is 3.16. The monoisotopic (exact) mass is 303 g/mol. The number of nitrogens with one attached hydrogen (secondary N) is 1. The summed E-state index contributed by atoms with van der Waals surface area (Å²) in [4.78, 5) is 7.01. The summed E-state index contributed by atoms with van der Waals surface area (Å²) in [5, 5.41) is 3.39. The molecule has 2 heterocycles. The molecular weight excluding hydrogens is 281 g/mol. The lowest BCUT2D eigenvalue weighted by Crippen LogP contribution is -2.45. The summed E-state index contributed by atoms with van der Waals surface area (Å²) in [6, 6.07) is 6.54. The summed E-state index contributed by atoms with van der Waals surface area (Å²) in [5.41, 5.74) is 2.39. The number of halogens is 2. The predicted octanol–water partition coefficient (Wildman–Crippen LogP) is 2.84. The quantitative estimate of drug-likeness (QED) is 0.867. The number of pyridine rings is 1. The van der Waals surface area contributed by atoms with Gasteiger partial charge in [0.1, 0.15) is 0 Å². The van der Waals surface area contributed by atoms with Gasteiger partial charge in [-0.15, -0.1) is 31.4 Å². The van der Waals surface area contributed by atoms with E-state index in [1.54, 1.807) is 0 Å². The Hall–Kier alpha value is -0.610. The Bertz CT molecular complexity index is 364. The second-order valence-corrected chi connectivity index (χ2v) is 4.72. The van der Waals surface area contributed by atoms with Crippen LogP contribution in [0.3, 0.4) is 0 Å². The summed E-state index contributed by atoms with van der Waals surface area (Å²) in [5.74, 6) is 0. The van der Waals surface area contributed by atoms with Crippen LogP contribution >= 0.6 is 24.8 Å². The second-order valence-electron chi connectivity index (χ2n) is 4.72. The Balaban J connectivity index is 0.00000162. The molecule has 1 aromatic heterocycles. The molecule has 5 heteroatoms. The van der Waals surface area contributed by atoms with E-state index in [0.29, 0.717) is 6.04 Å². The molecule has 0 saturated carbocycles. The highest BCUT2D eigenvalue weighted by Crippen LogP contribution is 2.25. The smallest absolute Gasteiger partial charge is 0.0578 e. The summed E-state index contributed by atoms with van der Waals surface area (Å²) >= 11 is 0. The molecule has 1 aromatic rings. The van der Waals surface area contributed by atoms with Crippen LogP contribution in [0.2, 0.25) is 0 Å². The first-order chi connectivity index (χ1) is 8.27. The number of nitrogens with zero attached hydrogens (tertiary/aromatic N) is 2. The van der Waals surface area contributed by atoms with Crippen molar-refractivity contribution < 1.29 is 0 Å². The van der Waals surface area contributed by atoms with Crippen molar-refractivity contribution in [3.63, 3.8) is 0 Å². The maximum absolute atomic E-state index is 4.50. The van der Waals surface area contributed by atoms with Crippen molar-refractivity contribution in [2.45, 2.75) is 19.4 Å². The van der Waals surface area contributed by atoms with Gasteiger partial charge < -0.3 is 5.32 Å². The number of rotatable bonds is 4. The second kappa shape index (κ2) is 9.32. The van der Waals surface area contributed by atoms with E-state index in [2.05, 4.69) is 40.8 Å². The van der Waals surface area contributed by atoms with E-state index in [-0.39, 0.29) is 24.8 Å². The average Bonchev–Trinajstić information content (AvgIpc) is 2.38. The van der Waals surface area contributed by atoms with Gasteiger partial charge in [0, 0.05) is 32.4 Å². The lowest BCUT2D eigenvalue weighted by atomic mass is 10.0. The highest BCUT2D eigenvalue weighted by molar-refractivity contribution is 5.85. The molecule has 1 atom stereocenters. The maximum atomic E-state index is 4.50. The zero-order chi connectivity index (χ0) is 12.1. The van der Waals surface area contributed by atoms with Crippen LogP contribution in [-0.4, -0.2) is 36.1 Å². The van der Waals surface area contributed by atoms with Crippen molar-refractivity contribution in [3.8, 4) is 0 Å². The molecule has 3 nitrogen and oxygen atoms in total. The van der Waals surface area contributed by atoms with E-state index in [1.165, 1.54) is 5.57 Å². The van der Waals surface area contributed by atoms with Crippen molar-refractivity contribution >= 4 is 24.8 Å². The first kappa shape index (κ1) is 18.4. The van der Waals surface area contributed by atoms with Gasteiger partial charge in [-0.05, 0) is 25.5 Å². The normalized spacial score (nSPS) is 16.9. The van der Waals surface area contributed by atoms with Gasteiger partial charge in [-0.3, -0.25) is 9.88 Å². The minimum absolute atomic E-state index is 0. The average molecular weight is 304 g/mol. The van der Waals surface area contributed by atoms with Gasteiger partial charge in [0.05, 0.1) is 11.7 Å². The number of piperazine rings is 1. The third kappa shape index (κ3) is 5.49. The van der Waals surface area contributed by atoms with E-state index in [9.17, 15) is 0 Å². The summed E-state index contributed by atoms with van der Waals surface area (Å²) < 4.78 is 0. The Morgan fingerprint density at radius 2 is 2.05 bits per heavy atom. The summed E-state index contributed by atoms with van der Waals surface area (Å²) in [6.07, 6.45) is 2.87. The molecule has 0 bridgehead atoms. The number of hydrogen-bond donors (Lipinski definition) is 1. The van der Waals surface area contributed by atoms with E-state index in [0.717, 1.165) is 38.3 Å². The predicted molar refractivity (Wildman–Crippen MR) is 85.3 cm³/mol. The van der Waals surface area contributed by atoms with E-state index in [4.69, 9.17) is 0 Å². The molecule has 1 aliphatic rings. The Morgan fingerprint density at radius 3 is 2.58 bits per heavy atom. The first-order valence-corrected chi connectivity index (χ1v) is 6.27. The fourth-order valence-electron chi connectivity index (χ4n) is 2.32. The molecule has 0 aromatic carbocycles. The van der Waals surface area contributed by atoms with Crippen LogP contribution in [0, 0.1) is 0 Å². The van der Waals surface area contributed by atoms with Gasteiger partial charge in [0.25, 0.3) is 0 Å². The van der Waals surface area contributed by atoms with E-state index in [1.807, 2.05) is 12.3 Å². The van der Waals surface area contributed by atoms with Gasteiger partial charge in [0.15, 0.2) is 0 Å². The molecule has 2 rings (SSSR count). The van der Waals surface area contributed by atoms with Crippen LogP contribution < -0.4 is 5.32 Å². The Kier molecular flexibility index (Phi) is 9.02. The van der Waals surface area contributed by atoms with Gasteiger partial charge in [-0.25, -0.2) is 0 Å². The van der Waals surface area contributed by atoms with Gasteiger partial charge in [-0.2, -0.15) is 0 Å². The molecule has 0 amide bonds. The Morgan fingerprint density at radius 1 is 1.37 bits per heavy atom. The minimum Gasteiger partial charge on any atom is -0.314 e. The zero-order valence-corrected chi connectivity index (χ0v) is 13.0. The fourth-order valence-corrected chi connectivity index (χ4v) is 2.32. The van der Waals surface area contributed by atoms with Crippen molar-refractivity contribution in [2.75, 3.05) is 26.2 Å². The molecule has 1 N–H and O–H groups in total. The molecule has 1 aliphatic heterocycles. The van der Waals surface area contributed by atoms with E-state index >= 15 is 0 Å². The molecule has 0 aliphatic carbocycles. The largest absolute Gasteiger partial charge is 0.314 e. The topological polar surface area (TPSA) is 28.2 Å².